The Hall–Kier alpha value is -6.96. The summed E-state index contributed by atoms with van der Waals surface area (Å²) in [6.45, 7) is 6.24. The molecular weight excluding hydrogens is 924 g/mol. The second-order valence-electron chi connectivity index (χ2n) is 15.1. The molecule has 0 saturated carbocycles. The van der Waals surface area contributed by atoms with Crippen LogP contribution in [0.5, 0.6) is 5.75 Å². The Labute approximate surface area is 385 Å². The van der Waals surface area contributed by atoms with Crippen LogP contribution in [0.3, 0.4) is 0 Å². The highest BCUT2D eigenvalue weighted by atomic mass is 19.4. The van der Waals surface area contributed by atoms with Crippen molar-refractivity contribution in [2.24, 2.45) is 5.92 Å². The van der Waals surface area contributed by atoms with Crippen LogP contribution in [0.1, 0.15) is 50.4 Å². The third-order valence-corrected chi connectivity index (χ3v) is 9.49. The summed E-state index contributed by atoms with van der Waals surface area (Å²) >= 11 is 0. The van der Waals surface area contributed by atoms with Crippen molar-refractivity contribution in [3.05, 3.63) is 77.9 Å². The molecule has 4 rings (SSSR count). The van der Waals surface area contributed by atoms with Gasteiger partial charge >= 0.3 is 36.4 Å². The second-order valence-corrected chi connectivity index (χ2v) is 15.1. The number of halogens is 6. The third-order valence-electron chi connectivity index (χ3n) is 9.49. The number of nitrogens with one attached hydrogen (secondary N) is 4. The topological polar surface area (TPSA) is 277 Å². The molecule has 4 amide bonds. The lowest BCUT2D eigenvalue weighted by Gasteiger charge is -2.24. The molecule has 1 saturated heterocycles. The number of benzene rings is 2. The summed E-state index contributed by atoms with van der Waals surface area (Å²) in [5.41, 5.74) is 2.62. The number of methoxy groups -OCH3 is 1. The monoisotopic (exact) mass is 977 g/mol. The molecule has 20 nitrogen and oxygen atoms in total. The minimum atomic E-state index is -5.08. The number of hydrogen-bond donors (Lipinski definition) is 7. The average molecular weight is 978 g/mol. The van der Waals surface area contributed by atoms with E-state index in [4.69, 9.17) is 34.0 Å². The van der Waals surface area contributed by atoms with Gasteiger partial charge in [-0.05, 0) is 61.9 Å². The van der Waals surface area contributed by atoms with E-state index in [0.29, 0.717) is 30.0 Å². The van der Waals surface area contributed by atoms with E-state index in [9.17, 15) is 55.4 Å². The molecule has 4 atom stereocenters. The van der Waals surface area contributed by atoms with Gasteiger partial charge in [0, 0.05) is 33.3 Å². The van der Waals surface area contributed by atoms with E-state index >= 15 is 0 Å². The molecule has 0 bridgehead atoms. The van der Waals surface area contributed by atoms with Crippen LogP contribution in [0.15, 0.2) is 61.1 Å². The summed E-state index contributed by atoms with van der Waals surface area (Å²) in [4.78, 5) is 86.8. The SMILES string of the molecule is COCOc1ccc(CCNC(=O)[C@@H](NC(=O)[C@H](C)NC(=O)[C@@H]2CCCN2)C(C)C)cc1-n1cnc(C[C@@H](C(=O)O)N(C)C(=O)OCc2ccccc2)c1.O=C(O)C(F)(F)F.O=C(O)C(F)(F)F. The Balaban J connectivity index is 0.000000982. The summed E-state index contributed by atoms with van der Waals surface area (Å²) < 4.78 is 81.4. The molecule has 3 aromatic rings. The number of carboxylic acids is 3. The number of aliphatic carboxylic acids is 3. The largest absolute Gasteiger partial charge is 0.490 e. The van der Waals surface area contributed by atoms with Crippen LogP contribution in [0.25, 0.3) is 5.69 Å². The average Bonchev–Trinajstić information content (AvgIpc) is 3.99. The normalized spacial score (nSPS) is 14.6. The standard InChI is InChI=1S/C38H51N7O9.2C2HF3O2/c1-24(2)33(43-34(46)25(3)42-35(47)29-12-9-16-39-29)36(48)40-17-15-26-13-14-32(54-23-52-5)30(18-26)45-20-28(41-22-45)19-31(37(49)50)44(4)38(51)53-21-27-10-7-6-8-11-27;2*3-2(4,5)1(6)7/h6-8,10-11,13-14,18,20,22,24-25,29,31,33,39H,9,12,15-17,19,21,23H2,1-5H3,(H,40,48)(H,42,47)(H,43,46)(H,49,50);2*(H,6,7)/t25-,29-,31-,33-;;/m0../s1. The number of ether oxygens (including phenoxy) is 3. The molecule has 0 aliphatic carbocycles. The predicted octanol–water partition coefficient (Wildman–Crippen LogP) is 3.44. The fraction of sp³-hybridized carbons (Fsp3) is 0.476. The van der Waals surface area contributed by atoms with Crippen LogP contribution >= 0.6 is 0 Å². The Morgan fingerprint density at radius 2 is 1.51 bits per heavy atom. The zero-order valence-corrected chi connectivity index (χ0v) is 37.4. The number of alkyl halides is 6. The molecule has 2 aromatic carbocycles. The number of rotatable bonds is 19. The highest BCUT2D eigenvalue weighted by Crippen LogP contribution is 2.26. The van der Waals surface area contributed by atoms with Crippen molar-refractivity contribution in [1.29, 1.82) is 0 Å². The number of carboxylic acid groups (broad SMARTS) is 3. The summed E-state index contributed by atoms with van der Waals surface area (Å²) in [5, 5.41) is 35.7. The molecule has 0 unspecified atom stereocenters. The van der Waals surface area contributed by atoms with Gasteiger partial charge in [0.25, 0.3) is 0 Å². The number of carbonyl (C=O) groups excluding carboxylic acids is 4. The highest BCUT2D eigenvalue weighted by molar-refractivity contribution is 5.93. The van der Waals surface area contributed by atoms with E-state index in [2.05, 4.69) is 26.3 Å². The number of imidazole rings is 1. The first-order valence-electron chi connectivity index (χ1n) is 20.4. The van der Waals surface area contributed by atoms with E-state index < -0.39 is 60.4 Å². The van der Waals surface area contributed by atoms with Gasteiger partial charge in [-0.1, -0.05) is 50.2 Å². The number of aromatic nitrogens is 2. The summed E-state index contributed by atoms with van der Waals surface area (Å²) in [5.74, 6) is -7.51. The van der Waals surface area contributed by atoms with Crippen LogP contribution in [-0.2, 0) is 57.7 Å². The fourth-order valence-electron chi connectivity index (χ4n) is 5.84. The van der Waals surface area contributed by atoms with Crippen molar-refractivity contribution in [3.8, 4) is 11.4 Å². The van der Waals surface area contributed by atoms with E-state index in [1.165, 1.54) is 20.5 Å². The Bertz CT molecular complexity index is 2130. The lowest BCUT2D eigenvalue weighted by molar-refractivity contribution is -0.193. The number of likely N-dealkylation sites (N-methyl/N-ethyl adjacent to an activating group) is 1. The summed E-state index contributed by atoms with van der Waals surface area (Å²) in [6.07, 6.45) is -5.81. The highest BCUT2D eigenvalue weighted by Gasteiger charge is 2.39. The number of carbonyl (C=O) groups is 7. The van der Waals surface area contributed by atoms with Crippen LogP contribution in [-0.4, -0.2) is 142 Å². The van der Waals surface area contributed by atoms with Crippen LogP contribution in [0.2, 0.25) is 0 Å². The maximum absolute atomic E-state index is 13.2. The van der Waals surface area contributed by atoms with Crippen LogP contribution in [0, 0.1) is 5.92 Å². The van der Waals surface area contributed by atoms with Gasteiger partial charge in [0.1, 0.15) is 30.5 Å². The molecule has 0 spiro atoms. The predicted molar refractivity (Wildman–Crippen MR) is 225 cm³/mol. The lowest BCUT2D eigenvalue weighted by atomic mass is 10.0. The molecule has 1 fully saturated rings. The van der Waals surface area contributed by atoms with Crippen LogP contribution < -0.4 is 26.0 Å². The van der Waals surface area contributed by atoms with E-state index in [1.807, 2.05) is 44.2 Å². The zero-order chi connectivity index (χ0) is 51.4. The van der Waals surface area contributed by atoms with Gasteiger partial charge in [-0.2, -0.15) is 26.3 Å². The molecular formula is C42H53F6N7O13. The molecule has 376 valence electrons. The first kappa shape index (κ1) is 57.2. The van der Waals surface area contributed by atoms with Gasteiger partial charge in [-0.15, -0.1) is 0 Å². The number of hydrogen-bond acceptors (Lipinski definition) is 12. The summed E-state index contributed by atoms with van der Waals surface area (Å²) in [6, 6.07) is 11.4. The van der Waals surface area contributed by atoms with Crippen molar-refractivity contribution in [2.45, 2.75) is 89.6 Å². The first-order valence-corrected chi connectivity index (χ1v) is 20.4. The molecule has 1 aliphatic heterocycles. The van der Waals surface area contributed by atoms with Crippen molar-refractivity contribution in [2.75, 3.05) is 34.0 Å². The fourth-order valence-corrected chi connectivity index (χ4v) is 5.84. The zero-order valence-electron chi connectivity index (χ0n) is 37.4. The van der Waals surface area contributed by atoms with E-state index in [1.54, 1.807) is 35.9 Å². The van der Waals surface area contributed by atoms with E-state index in [-0.39, 0.29) is 50.1 Å². The Morgan fingerprint density at radius 3 is 2.04 bits per heavy atom. The van der Waals surface area contributed by atoms with Gasteiger partial charge in [-0.3, -0.25) is 19.3 Å². The minimum absolute atomic E-state index is 0.00283. The molecule has 0 radical (unpaired) electrons. The molecule has 68 heavy (non-hydrogen) atoms. The minimum Gasteiger partial charge on any atom is -0.480 e. The van der Waals surface area contributed by atoms with Crippen molar-refractivity contribution in [1.82, 2.24) is 35.7 Å². The van der Waals surface area contributed by atoms with Gasteiger partial charge in [0.2, 0.25) is 17.7 Å². The smallest absolute Gasteiger partial charge is 0.480 e. The molecule has 7 N–H and O–H groups in total. The maximum atomic E-state index is 13.2. The second kappa shape index (κ2) is 27.0. The number of nitrogens with zero attached hydrogens (tertiary/aromatic N) is 3. The number of amides is 4. The van der Waals surface area contributed by atoms with Gasteiger partial charge in [0.05, 0.1) is 23.8 Å². The van der Waals surface area contributed by atoms with E-state index in [0.717, 1.165) is 29.0 Å². The van der Waals surface area contributed by atoms with Crippen molar-refractivity contribution >= 4 is 41.7 Å². The molecule has 1 aliphatic rings. The lowest BCUT2D eigenvalue weighted by Crippen LogP contribution is -2.56. The molecule has 1 aromatic heterocycles. The summed E-state index contributed by atoms with van der Waals surface area (Å²) in [7, 11) is 2.87. The van der Waals surface area contributed by atoms with Gasteiger partial charge in [0.15, 0.2) is 6.79 Å². The first-order chi connectivity index (χ1) is 31.8. The quantitative estimate of drug-likeness (QED) is 0.0670. The van der Waals surface area contributed by atoms with Crippen molar-refractivity contribution in [3.63, 3.8) is 0 Å². The third kappa shape index (κ3) is 19.5. The Morgan fingerprint density at radius 1 is 0.897 bits per heavy atom. The Kier molecular flexibility index (Phi) is 22.7. The van der Waals surface area contributed by atoms with Crippen LogP contribution in [0.4, 0.5) is 31.1 Å². The molecule has 26 heteroatoms. The molecule has 2 heterocycles. The maximum Gasteiger partial charge on any atom is 0.490 e. The van der Waals surface area contributed by atoms with Gasteiger partial charge in [-0.25, -0.2) is 24.2 Å². The van der Waals surface area contributed by atoms with Gasteiger partial charge < -0.3 is 55.4 Å². The van der Waals surface area contributed by atoms with Crippen molar-refractivity contribution < 1.29 is 89.4 Å².